The molecular formula is C16H17N4Na5O9S2. The molecule has 20 heteroatoms. The molecule has 0 spiro atoms. The molecule has 36 heavy (non-hydrogen) atoms. The van der Waals surface area contributed by atoms with Crippen LogP contribution in [0, 0.1) is 0 Å². The number of aromatic carboxylic acids is 1. The number of benzene rings is 2. The van der Waals surface area contributed by atoms with Crippen molar-refractivity contribution in [2.45, 2.75) is 9.79 Å². The molecule has 1 heterocycles. The van der Waals surface area contributed by atoms with E-state index in [0.717, 1.165) is 41.1 Å². The van der Waals surface area contributed by atoms with Gasteiger partial charge in [0.05, 0.1) is 21.2 Å². The molecule has 13 nitrogen and oxygen atoms in total. The summed E-state index contributed by atoms with van der Waals surface area (Å²) in [4.78, 5) is 23.3. The van der Waals surface area contributed by atoms with Crippen molar-refractivity contribution in [1.29, 1.82) is 0 Å². The number of rotatable bonds is 6. The summed E-state index contributed by atoms with van der Waals surface area (Å²) in [6.45, 7) is 0. The second-order valence-electron chi connectivity index (χ2n) is 5.92. The van der Waals surface area contributed by atoms with Crippen molar-refractivity contribution in [2.75, 3.05) is 0 Å². The Morgan fingerprint density at radius 3 is 1.58 bits per heavy atom. The van der Waals surface area contributed by atoms with Crippen LogP contribution in [-0.2, 0) is 20.2 Å². The standard InChI is InChI=1S/C16H12N4O9S2.5Na.5H/c21-15-13(18-17-9-1-5-11(6-2-9)30(24,25)26)14(16(22)23)19-20(15)10-3-7-12(8-4-10)31(27,28)29;;;;;;;;;;/h1-8,19H,(H,22,23)(H,24,25,26)(H,27,28,29);;;;;;;;;;/q;5*+1;5*-1. The van der Waals surface area contributed by atoms with Gasteiger partial charge in [-0.05, 0) is 48.5 Å². The topological polar surface area (TPSA) is 209 Å². The Bertz CT molecular complexity index is 1490. The maximum atomic E-state index is 12.6. The quantitative estimate of drug-likeness (QED) is 0.122. The van der Waals surface area contributed by atoms with Gasteiger partial charge in [0, 0.05) is 0 Å². The van der Waals surface area contributed by atoms with E-state index in [2.05, 4.69) is 15.3 Å². The molecule has 3 aromatic rings. The summed E-state index contributed by atoms with van der Waals surface area (Å²) in [5.74, 6) is -1.53. The summed E-state index contributed by atoms with van der Waals surface area (Å²) in [6, 6.07) is 8.75. The average Bonchev–Trinajstić information content (AvgIpc) is 3.02. The van der Waals surface area contributed by atoms with E-state index in [1.54, 1.807) is 0 Å². The van der Waals surface area contributed by atoms with Crippen molar-refractivity contribution in [3.8, 4) is 5.69 Å². The Labute approximate surface area is 323 Å². The van der Waals surface area contributed by atoms with Crippen molar-refractivity contribution >= 4 is 37.6 Å². The minimum absolute atomic E-state index is 0. The minimum Gasteiger partial charge on any atom is -1.00 e. The molecule has 4 N–H and O–H groups in total. The molecule has 0 saturated carbocycles. The molecule has 0 aliphatic heterocycles. The van der Waals surface area contributed by atoms with Crippen molar-refractivity contribution in [2.24, 2.45) is 10.2 Å². The van der Waals surface area contributed by atoms with Crippen LogP contribution < -0.4 is 153 Å². The van der Waals surface area contributed by atoms with Crippen LogP contribution in [0.2, 0.25) is 0 Å². The van der Waals surface area contributed by atoms with Crippen LogP contribution >= 0.6 is 0 Å². The molecule has 0 unspecified atom stereocenters. The number of nitrogens with zero attached hydrogens (tertiary/aromatic N) is 3. The maximum absolute atomic E-state index is 12.6. The number of aromatic nitrogens is 2. The molecule has 0 saturated heterocycles. The second kappa shape index (κ2) is 17.2. The number of aromatic amines is 1. The molecule has 0 bridgehead atoms. The fourth-order valence-corrected chi connectivity index (χ4v) is 3.37. The molecule has 0 radical (unpaired) electrons. The van der Waals surface area contributed by atoms with Gasteiger partial charge in [0.1, 0.15) is 0 Å². The molecule has 0 atom stereocenters. The zero-order chi connectivity index (χ0) is 23.0. The molecule has 0 fully saturated rings. The summed E-state index contributed by atoms with van der Waals surface area (Å²) in [7, 11) is -8.87. The van der Waals surface area contributed by atoms with Gasteiger partial charge in [0.15, 0.2) is 11.4 Å². The number of carboxylic acids is 1. The zero-order valence-corrected chi connectivity index (χ0v) is 31.7. The number of nitrogens with one attached hydrogen (secondary N) is 1. The SMILES string of the molecule is O=C(O)c1[nH]n(-c2ccc(S(=O)(=O)O)cc2)c(=O)c1N=Nc1ccc(S(=O)(=O)O)cc1.[H-].[H-].[H-].[H-].[H-].[Na+].[Na+].[Na+].[Na+].[Na+]. The van der Waals surface area contributed by atoms with Crippen molar-refractivity contribution in [1.82, 2.24) is 9.78 Å². The van der Waals surface area contributed by atoms with Crippen molar-refractivity contribution in [3.05, 3.63) is 64.6 Å². The Kier molecular flexibility index (Phi) is 20.0. The third-order valence-electron chi connectivity index (χ3n) is 3.87. The molecule has 0 aliphatic rings. The van der Waals surface area contributed by atoms with Gasteiger partial charge < -0.3 is 12.2 Å². The Morgan fingerprint density at radius 1 is 0.778 bits per heavy atom. The Hall–Kier alpha value is 1.34. The van der Waals surface area contributed by atoms with Crippen LogP contribution in [0.15, 0.2) is 73.3 Å². The number of carboxylic acid groups (broad SMARTS) is 1. The summed E-state index contributed by atoms with van der Waals surface area (Å²) >= 11 is 0. The molecule has 172 valence electrons. The zero-order valence-electron chi connectivity index (χ0n) is 25.1. The number of carbonyl (C=O) groups is 1. The molecule has 3 rings (SSSR count). The largest absolute Gasteiger partial charge is 1.00 e. The fraction of sp³-hybridized carbons (Fsp3) is 0. The number of azo groups is 1. The van der Waals surface area contributed by atoms with Gasteiger partial charge in [-0.1, -0.05) is 0 Å². The molecule has 0 amide bonds. The van der Waals surface area contributed by atoms with Crippen LogP contribution in [0.25, 0.3) is 5.69 Å². The normalized spacial score (nSPS) is 10.6. The van der Waals surface area contributed by atoms with Crippen LogP contribution in [0.1, 0.15) is 17.6 Å². The fourth-order valence-electron chi connectivity index (χ4n) is 2.41. The number of hydrogen-bond acceptors (Lipinski definition) is 8. The van der Waals surface area contributed by atoms with Crippen molar-refractivity contribution < 1.29 is 191 Å². The van der Waals surface area contributed by atoms with E-state index in [-0.39, 0.29) is 166 Å². The van der Waals surface area contributed by atoms with Crippen LogP contribution in [0.3, 0.4) is 0 Å². The average molecular weight is 588 g/mol. The smallest absolute Gasteiger partial charge is 1.00 e. The predicted octanol–water partition coefficient (Wildman–Crippen LogP) is -12.6. The first-order chi connectivity index (χ1) is 14.4. The summed E-state index contributed by atoms with van der Waals surface area (Å²) in [5.41, 5.74) is -1.99. The second-order valence-corrected chi connectivity index (χ2v) is 8.76. The van der Waals surface area contributed by atoms with Gasteiger partial charge in [0.2, 0.25) is 0 Å². The van der Waals surface area contributed by atoms with Crippen LogP contribution in [-0.4, -0.2) is 46.8 Å². The third-order valence-corrected chi connectivity index (χ3v) is 5.61. The monoisotopic (exact) mass is 588 g/mol. The van der Waals surface area contributed by atoms with Gasteiger partial charge in [-0.15, -0.1) is 5.11 Å². The first-order valence-electron chi connectivity index (χ1n) is 8.03. The van der Waals surface area contributed by atoms with Gasteiger partial charge in [0.25, 0.3) is 25.8 Å². The van der Waals surface area contributed by atoms with Crippen LogP contribution in [0.4, 0.5) is 11.4 Å². The van der Waals surface area contributed by atoms with Gasteiger partial charge in [-0.25, -0.2) is 9.48 Å². The van der Waals surface area contributed by atoms with Gasteiger partial charge in [-0.2, -0.15) is 21.9 Å². The summed E-state index contributed by atoms with van der Waals surface area (Å²) in [6.07, 6.45) is 0. The number of hydrogen-bond donors (Lipinski definition) is 4. The predicted molar refractivity (Wildman–Crippen MR) is 109 cm³/mol. The van der Waals surface area contributed by atoms with Crippen LogP contribution in [0.5, 0.6) is 0 Å². The molecular weight excluding hydrogens is 571 g/mol. The first-order valence-corrected chi connectivity index (χ1v) is 10.9. The molecule has 0 aliphatic carbocycles. The van der Waals surface area contributed by atoms with E-state index in [0.29, 0.717) is 0 Å². The van der Waals surface area contributed by atoms with E-state index in [1.165, 1.54) is 12.1 Å². The molecule has 1 aromatic heterocycles. The van der Waals surface area contributed by atoms with E-state index in [1.807, 2.05) is 0 Å². The molecule has 2 aromatic carbocycles. The number of H-pyrrole nitrogens is 1. The van der Waals surface area contributed by atoms with E-state index in [9.17, 15) is 31.5 Å². The summed E-state index contributed by atoms with van der Waals surface area (Å²) < 4.78 is 63.1. The third kappa shape index (κ3) is 10.7. The minimum atomic E-state index is -4.46. The Morgan fingerprint density at radius 2 is 1.19 bits per heavy atom. The van der Waals surface area contributed by atoms with E-state index >= 15 is 0 Å². The van der Waals surface area contributed by atoms with E-state index in [4.69, 9.17) is 9.11 Å². The van der Waals surface area contributed by atoms with E-state index < -0.39 is 52.9 Å². The first kappa shape index (κ1) is 41.8. The summed E-state index contributed by atoms with van der Waals surface area (Å²) in [5, 5.41) is 19.0. The Balaban J connectivity index is -0.000000181. The van der Waals surface area contributed by atoms with Gasteiger partial charge in [-0.3, -0.25) is 19.0 Å². The van der Waals surface area contributed by atoms with Gasteiger partial charge >= 0.3 is 154 Å². The van der Waals surface area contributed by atoms with Crippen molar-refractivity contribution in [3.63, 3.8) is 0 Å². The maximum Gasteiger partial charge on any atom is 1.00 e.